The second kappa shape index (κ2) is 10.0. The number of anilines is 2. The Morgan fingerprint density at radius 2 is 1.55 bits per heavy atom. The molecule has 0 spiro atoms. The number of hydrogen-bond acceptors (Lipinski definition) is 3. The Kier molecular flexibility index (Phi) is 7.45. The van der Waals surface area contributed by atoms with E-state index in [9.17, 15) is 9.59 Å². The summed E-state index contributed by atoms with van der Waals surface area (Å²) in [5.41, 5.74) is 1.67. The summed E-state index contributed by atoms with van der Waals surface area (Å²) in [5, 5.41) is 6.89. The Bertz CT molecular complexity index is 1060. The van der Waals surface area contributed by atoms with Gasteiger partial charge in [0.15, 0.2) is 0 Å². The molecule has 29 heavy (non-hydrogen) atoms. The molecule has 0 fully saturated rings. The van der Waals surface area contributed by atoms with Gasteiger partial charge in [-0.25, -0.2) is 0 Å². The number of nitrogens with one attached hydrogen (secondary N) is 2. The van der Waals surface area contributed by atoms with E-state index in [0.717, 1.165) is 4.90 Å². The Morgan fingerprint density at radius 3 is 2.31 bits per heavy atom. The Balaban J connectivity index is 1.57. The van der Waals surface area contributed by atoms with Gasteiger partial charge in [0.05, 0.1) is 15.8 Å². The van der Waals surface area contributed by atoms with Gasteiger partial charge in [-0.1, -0.05) is 46.9 Å². The molecule has 0 aliphatic carbocycles. The van der Waals surface area contributed by atoms with Gasteiger partial charge >= 0.3 is 0 Å². The number of halogens is 3. The van der Waals surface area contributed by atoms with Crippen LogP contribution in [0.4, 0.5) is 11.4 Å². The van der Waals surface area contributed by atoms with Crippen molar-refractivity contribution in [1.82, 2.24) is 0 Å². The van der Waals surface area contributed by atoms with Crippen molar-refractivity contribution >= 4 is 69.8 Å². The van der Waals surface area contributed by atoms with Gasteiger partial charge < -0.3 is 10.6 Å². The number of hydrogen-bond donors (Lipinski definition) is 2. The standard InChI is InChI=1S/C21H15Cl3N2O2S/c22-14-4-1-3-13(9-14)21(28)26-15-5-2-6-17(10-15)29-12-20(27)25-16-7-8-18(23)19(24)11-16/h1-11H,12H2,(H,25,27)(H,26,28). The van der Waals surface area contributed by atoms with E-state index in [1.807, 2.05) is 12.1 Å². The van der Waals surface area contributed by atoms with Gasteiger partial charge in [-0.05, 0) is 54.6 Å². The second-order valence-electron chi connectivity index (χ2n) is 5.96. The number of carbonyl (C=O) groups excluding carboxylic acids is 2. The third-order valence-electron chi connectivity index (χ3n) is 3.75. The monoisotopic (exact) mass is 464 g/mol. The molecule has 2 amide bonds. The summed E-state index contributed by atoms with van der Waals surface area (Å²) >= 11 is 19.1. The maximum atomic E-state index is 12.3. The summed E-state index contributed by atoms with van der Waals surface area (Å²) in [5.74, 6) is -0.236. The van der Waals surface area contributed by atoms with Crippen LogP contribution in [0.2, 0.25) is 15.1 Å². The molecule has 0 heterocycles. The number of carbonyl (C=O) groups is 2. The van der Waals surface area contributed by atoms with Crippen molar-refractivity contribution in [3.05, 3.63) is 87.4 Å². The molecule has 2 N–H and O–H groups in total. The summed E-state index contributed by atoms with van der Waals surface area (Å²) < 4.78 is 0. The molecule has 0 atom stereocenters. The molecule has 3 aromatic rings. The van der Waals surface area contributed by atoms with E-state index in [0.29, 0.717) is 32.0 Å². The minimum atomic E-state index is -0.257. The molecule has 8 heteroatoms. The summed E-state index contributed by atoms with van der Waals surface area (Å²) in [7, 11) is 0. The van der Waals surface area contributed by atoms with Crippen molar-refractivity contribution < 1.29 is 9.59 Å². The highest BCUT2D eigenvalue weighted by Crippen LogP contribution is 2.26. The zero-order chi connectivity index (χ0) is 20.8. The second-order valence-corrected chi connectivity index (χ2v) is 8.26. The van der Waals surface area contributed by atoms with Crippen molar-refractivity contribution in [2.45, 2.75) is 4.90 Å². The van der Waals surface area contributed by atoms with Crippen molar-refractivity contribution in [1.29, 1.82) is 0 Å². The Hall–Kier alpha value is -2.18. The number of rotatable bonds is 6. The average molecular weight is 466 g/mol. The first-order chi connectivity index (χ1) is 13.9. The highest BCUT2D eigenvalue weighted by Gasteiger charge is 2.09. The topological polar surface area (TPSA) is 58.2 Å². The highest BCUT2D eigenvalue weighted by atomic mass is 35.5. The van der Waals surface area contributed by atoms with Crippen molar-refractivity contribution in [3.63, 3.8) is 0 Å². The normalized spacial score (nSPS) is 10.4. The molecular formula is C21H15Cl3N2O2S. The molecule has 0 aliphatic heterocycles. The molecule has 3 aromatic carbocycles. The molecule has 148 valence electrons. The van der Waals surface area contributed by atoms with Crippen LogP contribution in [-0.2, 0) is 4.79 Å². The van der Waals surface area contributed by atoms with E-state index in [1.165, 1.54) is 11.8 Å². The zero-order valence-electron chi connectivity index (χ0n) is 14.9. The molecular weight excluding hydrogens is 451 g/mol. The molecule has 0 saturated carbocycles. The first-order valence-electron chi connectivity index (χ1n) is 8.45. The molecule has 0 aliphatic rings. The lowest BCUT2D eigenvalue weighted by Gasteiger charge is -2.09. The number of thioether (sulfide) groups is 1. The smallest absolute Gasteiger partial charge is 0.255 e. The van der Waals surface area contributed by atoms with Crippen LogP contribution in [0.25, 0.3) is 0 Å². The van der Waals surface area contributed by atoms with Crippen LogP contribution in [0.15, 0.2) is 71.6 Å². The van der Waals surface area contributed by atoms with Crippen molar-refractivity contribution in [2.75, 3.05) is 16.4 Å². The van der Waals surface area contributed by atoms with Gasteiger partial charge in [-0.2, -0.15) is 0 Å². The SMILES string of the molecule is O=C(CSc1cccc(NC(=O)c2cccc(Cl)c2)c1)Nc1ccc(Cl)c(Cl)c1. The van der Waals surface area contributed by atoms with E-state index >= 15 is 0 Å². The third-order valence-corrected chi connectivity index (χ3v) is 5.72. The fourth-order valence-electron chi connectivity index (χ4n) is 2.42. The summed E-state index contributed by atoms with van der Waals surface area (Å²) in [6.07, 6.45) is 0. The molecule has 0 bridgehead atoms. The first kappa shape index (κ1) is 21.5. The van der Waals surface area contributed by atoms with E-state index in [1.54, 1.807) is 54.6 Å². The van der Waals surface area contributed by atoms with Gasteiger partial charge in [0.25, 0.3) is 5.91 Å². The van der Waals surface area contributed by atoms with Crippen molar-refractivity contribution in [2.24, 2.45) is 0 Å². The summed E-state index contributed by atoms with van der Waals surface area (Å²) in [6.45, 7) is 0. The lowest BCUT2D eigenvalue weighted by atomic mass is 10.2. The van der Waals surface area contributed by atoms with Gasteiger partial charge in [0, 0.05) is 26.9 Å². The van der Waals surface area contributed by atoms with Crippen LogP contribution in [-0.4, -0.2) is 17.6 Å². The number of benzene rings is 3. The predicted molar refractivity (Wildman–Crippen MR) is 122 cm³/mol. The lowest BCUT2D eigenvalue weighted by molar-refractivity contribution is -0.113. The van der Waals surface area contributed by atoms with E-state index in [2.05, 4.69) is 10.6 Å². The third kappa shape index (κ3) is 6.41. The lowest BCUT2D eigenvalue weighted by Crippen LogP contribution is -2.14. The van der Waals surface area contributed by atoms with Crippen LogP contribution in [0, 0.1) is 0 Å². The molecule has 0 aromatic heterocycles. The quantitative estimate of drug-likeness (QED) is 0.402. The Labute approximate surface area is 187 Å². The van der Waals surface area contributed by atoms with Gasteiger partial charge in [0.2, 0.25) is 5.91 Å². The van der Waals surface area contributed by atoms with Crippen LogP contribution < -0.4 is 10.6 Å². The van der Waals surface area contributed by atoms with Gasteiger partial charge in [0.1, 0.15) is 0 Å². The van der Waals surface area contributed by atoms with Crippen LogP contribution in [0.5, 0.6) is 0 Å². The summed E-state index contributed by atoms with van der Waals surface area (Å²) in [4.78, 5) is 25.4. The maximum Gasteiger partial charge on any atom is 0.255 e. The fraction of sp³-hybridized carbons (Fsp3) is 0.0476. The molecule has 0 unspecified atom stereocenters. The maximum absolute atomic E-state index is 12.3. The largest absolute Gasteiger partial charge is 0.325 e. The fourth-order valence-corrected chi connectivity index (χ4v) is 3.66. The van der Waals surface area contributed by atoms with Gasteiger partial charge in [-0.15, -0.1) is 11.8 Å². The minimum absolute atomic E-state index is 0.179. The van der Waals surface area contributed by atoms with Crippen LogP contribution in [0.3, 0.4) is 0 Å². The predicted octanol–water partition coefficient (Wildman–Crippen LogP) is 6.63. The molecule has 0 saturated heterocycles. The van der Waals surface area contributed by atoms with Crippen LogP contribution in [0.1, 0.15) is 10.4 Å². The highest BCUT2D eigenvalue weighted by molar-refractivity contribution is 8.00. The molecule has 3 rings (SSSR count). The molecule has 4 nitrogen and oxygen atoms in total. The molecule has 0 radical (unpaired) electrons. The van der Waals surface area contributed by atoms with E-state index in [-0.39, 0.29) is 17.6 Å². The van der Waals surface area contributed by atoms with E-state index in [4.69, 9.17) is 34.8 Å². The summed E-state index contributed by atoms with van der Waals surface area (Å²) in [6, 6.07) is 18.9. The minimum Gasteiger partial charge on any atom is -0.325 e. The van der Waals surface area contributed by atoms with E-state index < -0.39 is 0 Å². The zero-order valence-corrected chi connectivity index (χ0v) is 18.0. The first-order valence-corrected chi connectivity index (χ1v) is 10.6. The van der Waals surface area contributed by atoms with Gasteiger partial charge in [-0.3, -0.25) is 9.59 Å². The van der Waals surface area contributed by atoms with Crippen LogP contribution >= 0.6 is 46.6 Å². The number of amides is 2. The average Bonchev–Trinajstić information content (AvgIpc) is 2.69. The van der Waals surface area contributed by atoms with Crippen molar-refractivity contribution in [3.8, 4) is 0 Å². The Morgan fingerprint density at radius 1 is 0.793 bits per heavy atom.